The second-order valence-corrected chi connectivity index (χ2v) is 4.54. The number of thioether (sulfide) groups is 1. The Hall–Kier alpha value is -1.04. The molecule has 1 aliphatic rings. The largest absolute Gasteiger partial charge is 0.395 e. The molecule has 0 spiro atoms. The lowest BCUT2D eigenvalue weighted by atomic mass is 10.2. The van der Waals surface area contributed by atoms with E-state index in [0.29, 0.717) is 12.3 Å². The van der Waals surface area contributed by atoms with E-state index in [1.54, 1.807) is 11.0 Å². The Labute approximate surface area is 97.9 Å². The number of aliphatic hydroxyl groups excluding tert-OH is 2. The van der Waals surface area contributed by atoms with Crippen molar-refractivity contribution in [1.29, 1.82) is 0 Å². The van der Waals surface area contributed by atoms with E-state index in [1.807, 2.05) is 12.1 Å². The smallest absolute Gasteiger partial charge is 0.237 e. The third-order valence-electron chi connectivity index (χ3n) is 2.47. The predicted molar refractivity (Wildman–Crippen MR) is 62.5 cm³/mol. The van der Waals surface area contributed by atoms with Crippen molar-refractivity contribution in [1.82, 2.24) is 0 Å². The fourth-order valence-electron chi connectivity index (χ4n) is 1.69. The quantitative estimate of drug-likeness (QED) is 0.811. The lowest BCUT2D eigenvalue weighted by molar-refractivity contribution is -0.116. The van der Waals surface area contributed by atoms with Gasteiger partial charge in [0.1, 0.15) is 0 Å². The van der Waals surface area contributed by atoms with Crippen LogP contribution in [-0.2, 0) is 11.4 Å². The normalized spacial score (nSPS) is 15.1. The van der Waals surface area contributed by atoms with Crippen LogP contribution >= 0.6 is 11.8 Å². The Balaban J connectivity index is 2.39. The first-order chi connectivity index (χ1) is 7.76. The molecule has 4 nitrogen and oxygen atoms in total. The molecule has 0 aromatic heterocycles. The van der Waals surface area contributed by atoms with Crippen molar-refractivity contribution in [2.24, 2.45) is 0 Å². The fourth-order valence-corrected chi connectivity index (χ4v) is 2.61. The first-order valence-electron chi connectivity index (χ1n) is 5.04. The molecule has 0 saturated carbocycles. The summed E-state index contributed by atoms with van der Waals surface area (Å²) in [5, 5.41) is 18.0. The second kappa shape index (κ2) is 4.86. The molecule has 0 unspecified atom stereocenters. The van der Waals surface area contributed by atoms with Crippen LogP contribution in [0, 0.1) is 0 Å². The average molecular weight is 239 g/mol. The second-order valence-electron chi connectivity index (χ2n) is 3.52. The van der Waals surface area contributed by atoms with E-state index in [9.17, 15) is 4.79 Å². The van der Waals surface area contributed by atoms with Gasteiger partial charge in [0.2, 0.25) is 5.91 Å². The Morgan fingerprint density at radius 3 is 2.88 bits per heavy atom. The molecule has 1 amide bonds. The number of carbonyl (C=O) groups excluding carboxylic acids is 1. The molecule has 0 radical (unpaired) electrons. The summed E-state index contributed by atoms with van der Waals surface area (Å²) >= 11 is 1.49. The number of carbonyl (C=O) groups is 1. The van der Waals surface area contributed by atoms with Crippen LogP contribution in [0.15, 0.2) is 23.1 Å². The van der Waals surface area contributed by atoms with Crippen LogP contribution in [0.1, 0.15) is 5.56 Å². The lowest BCUT2D eigenvalue weighted by Gasteiger charge is -2.28. The maximum absolute atomic E-state index is 11.7. The van der Waals surface area contributed by atoms with Crippen LogP contribution in [0.5, 0.6) is 0 Å². The number of fused-ring (bicyclic) bond motifs is 1. The zero-order valence-corrected chi connectivity index (χ0v) is 9.54. The molecule has 2 rings (SSSR count). The van der Waals surface area contributed by atoms with Crippen molar-refractivity contribution in [3.63, 3.8) is 0 Å². The van der Waals surface area contributed by atoms with Gasteiger partial charge in [0.05, 0.1) is 24.7 Å². The number of anilines is 1. The minimum Gasteiger partial charge on any atom is -0.395 e. The van der Waals surface area contributed by atoms with E-state index in [2.05, 4.69) is 0 Å². The first kappa shape index (κ1) is 11.4. The molecule has 0 saturated heterocycles. The van der Waals surface area contributed by atoms with Crippen molar-refractivity contribution in [3.8, 4) is 0 Å². The summed E-state index contributed by atoms with van der Waals surface area (Å²) in [6.45, 7) is 0.208. The molecule has 86 valence electrons. The van der Waals surface area contributed by atoms with Crippen LogP contribution in [0.3, 0.4) is 0 Å². The van der Waals surface area contributed by atoms with E-state index in [1.165, 1.54) is 11.8 Å². The lowest BCUT2D eigenvalue weighted by Crippen LogP contribution is -2.37. The highest BCUT2D eigenvalue weighted by Gasteiger charge is 2.24. The number of rotatable bonds is 3. The standard InChI is InChI=1S/C11H13NO3S/c13-4-3-12-9-5-8(6-14)1-2-10(9)16-7-11(12)15/h1-2,5,13-14H,3-4,6-7H2. The Morgan fingerprint density at radius 1 is 1.38 bits per heavy atom. The summed E-state index contributed by atoms with van der Waals surface area (Å²) in [4.78, 5) is 14.3. The number of amides is 1. The van der Waals surface area contributed by atoms with Crippen molar-refractivity contribution in [3.05, 3.63) is 23.8 Å². The first-order valence-corrected chi connectivity index (χ1v) is 6.02. The number of hydrogen-bond donors (Lipinski definition) is 2. The van der Waals surface area contributed by atoms with Gasteiger partial charge in [-0.05, 0) is 17.7 Å². The van der Waals surface area contributed by atoms with Crippen molar-refractivity contribution >= 4 is 23.4 Å². The summed E-state index contributed by atoms with van der Waals surface area (Å²) in [5.74, 6) is 0.410. The fraction of sp³-hybridized carbons (Fsp3) is 0.364. The maximum atomic E-state index is 11.7. The highest BCUT2D eigenvalue weighted by molar-refractivity contribution is 8.00. The topological polar surface area (TPSA) is 60.8 Å². The van der Waals surface area contributed by atoms with Crippen molar-refractivity contribution in [2.45, 2.75) is 11.5 Å². The summed E-state index contributed by atoms with van der Waals surface area (Å²) in [6.07, 6.45) is 0. The molecule has 1 aromatic carbocycles. The van der Waals surface area contributed by atoms with E-state index >= 15 is 0 Å². The monoisotopic (exact) mass is 239 g/mol. The molecular weight excluding hydrogens is 226 g/mol. The molecule has 5 heteroatoms. The van der Waals surface area contributed by atoms with Gasteiger partial charge < -0.3 is 15.1 Å². The van der Waals surface area contributed by atoms with Crippen molar-refractivity contribution in [2.75, 3.05) is 23.8 Å². The van der Waals surface area contributed by atoms with Crippen LogP contribution in [0.4, 0.5) is 5.69 Å². The number of β-amino-alcohol motifs (C(OH)–C–C–N with tert-alkyl or cyclic N) is 1. The highest BCUT2D eigenvalue weighted by atomic mass is 32.2. The minimum atomic E-state index is -0.0563. The Morgan fingerprint density at radius 2 is 2.19 bits per heavy atom. The SMILES string of the molecule is O=C1CSc2ccc(CO)cc2N1CCO. The number of aliphatic hydroxyl groups is 2. The molecule has 0 atom stereocenters. The van der Waals surface area contributed by atoms with Gasteiger partial charge in [0.25, 0.3) is 0 Å². The summed E-state index contributed by atoms with van der Waals surface area (Å²) in [7, 11) is 0. The van der Waals surface area contributed by atoms with Gasteiger partial charge in [-0.3, -0.25) is 4.79 Å². The summed E-state index contributed by atoms with van der Waals surface area (Å²) in [5.41, 5.74) is 1.57. The molecule has 2 N–H and O–H groups in total. The third kappa shape index (κ3) is 2.07. The van der Waals surface area contributed by atoms with Crippen LogP contribution in [0.25, 0.3) is 0 Å². The summed E-state index contributed by atoms with van der Waals surface area (Å²) < 4.78 is 0. The molecule has 0 fully saturated rings. The van der Waals surface area contributed by atoms with E-state index < -0.39 is 0 Å². The molecule has 1 aliphatic heterocycles. The van der Waals surface area contributed by atoms with E-state index in [-0.39, 0.29) is 19.1 Å². The summed E-state index contributed by atoms with van der Waals surface area (Å²) in [6, 6.07) is 5.55. The van der Waals surface area contributed by atoms with Gasteiger partial charge in [0, 0.05) is 11.4 Å². The molecule has 0 bridgehead atoms. The van der Waals surface area contributed by atoms with Crippen LogP contribution in [-0.4, -0.2) is 35.0 Å². The van der Waals surface area contributed by atoms with E-state index in [4.69, 9.17) is 10.2 Å². The number of nitrogens with zero attached hydrogens (tertiary/aromatic N) is 1. The Kier molecular flexibility index (Phi) is 3.48. The van der Waals surface area contributed by atoms with Crippen LogP contribution in [0.2, 0.25) is 0 Å². The van der Waals surface area contributed by atoms with Gasteiger partial charge >= 0.3 is 0 Å². The van der Waals surface area contributed by atoms with Gasteiger partial charge in [-0.1, -0.05) is 6.07 Å². The number of benzene rings is 1. The average Bonchev–Trinajstić information content (AvgIpc) is 2.32. The van der Waals surface area contributed by atoms with Gasteiger partial charge in [-0.2, -0.15) is 0 Å². The van der Waals surface area contributed by atoms with E-state index in [0.717, 1.165) is 16.1 Å². The molecular formula is C11H13NO3S. The molecule has 1 aromatic rings. The highest BCUT2D eigenvalue weighted by Crippen LogP contribution is 2.35. The molecule has 0 aliphatic carbocycles. The van der Waals surface area contributed by atoms with Crippen LogP contribution < -0.4 is 4.90 Å². The molecule has 16 heavy (non-hydrogen) atoms. The zero-order chi connectivity index (χ0) is 11.5. The zero-order valence-electron chi connectivity index (χ0n) is 8.72. The third-order valence-corrected chi connectivity index (χ3v) is 3.52. The van der Waals surface area contributed by atoms with Gasteiger partial charge in [0.15, 0.2) is 0 Å². The number of hydrogen-bond acceptors (Lipinski definition) is 4. The van der Waals surface area contributed by atoms with Gasteiger partial charge in [-0.15, -0.1) is 11.8 Å². The minimum absolute atomic E-state index is 0.00152. The predicted octanol–water partition coefficient (Wildman–Crippen LogP) is 0.610. The molecule has 1 heterocycles. The Bertz CT molecular complexity index is 408. The van der Waals surface area contributed by atoms with Gasteiger partial charge in [-0.25, -0.2) is 0 Å². The maximum Gasteiger partial charge on any atom is 0.237 e. The van der Waals surface area contributed by atoms with Crippen molar-refractivity contribution < 1.29 is 15.0 Å².